The minimum absolute atomic E-state index is 0.434. The van der Waals surface area contributed by atoms with Gasteiger partial charge in [0.05, 0.1) is 13.2 Å². The maximum atomic E-state index is 11.9. The van der Waals surface area contributed by atoms with Crippen LogP contribution in [0.25, 0.3) is 0 Å². The van der Waals surface area contributed by atoms with Crippen molar-refractivity contribution in [3.8, 4) is 0 Å². The van der Waals surface area contributed by atoms with E-state index in [0.717, 1.165) is 13.1 Å². The molecule has 7 nitrogen and oxygen atoms in total. The lowest BCUT2D eigenvalue weighted by molar-refractivity contribution is -0.127. The summed E-state index contributed by atoms with van der Waals surface area (Å²) in [6, 6.07) is 0. The average molecular weight is 287 g/mol. The van der Waals surface area contributed by atoms with Crippen LogP contribution < -0.4 is 10.6 Å². The van der Waals surface area contributed by atoms with Crippen molar-refractivity contribution in [1.82, 2.24) is 10.6 Å². The van der Waals surface area contributed by atoms with E-state index >= 15 is 0 Å². The molecule has 0 aromatic heterocycles. The summed E-state index contributed by atoms with van der Waals surface area (Å²) in [6.07, 6.45) is -1.30. The maximum absolute atomic E-state index is 11.9. The fraction of sp³-hybridized carbons (Fsp3) is 1.00. The molecule has 0 aromatic rings. The standard InChI is InChI=1S/C8H16ClN2O5P/c9-17(12,15-7-5-10-1-3-13-7)16-8-6-11-2-4-14-8/h7-8,10-11H,1-6H2. The van der Waals surface area contributed by atoms with E-state index in [2.05, 4.69) is 10.6 Å². The first-order valence-corrected chi connectivity index (χ1v) is 7.92. The van der Waals surface area contributed by atoms with Crippen LogP contribution in [0.4, 0.5) is 0 Å². The van der Waals surface area contributed by atoms with Gasteiger partial charge in [0.25, 0.3) is 0 Å². The number of halogens is 1. The van der Waals surface area contributed by atoms with Crippen molar-refractivity contribution in [3.05, 3.63) is 0 Å². The monoisotopic (exact) mass is 286 g/mol. The highest BCUT2D eigenvalue weighted by atomic mass is 35.7. The molecule has 100 valence electrons. The van der Waals surface area contributed by atoms with Gasteiger partial charge in [-0.1, -0.05) is 0 Å². The molecule has 2 aliphatic heterocycles. The summed E-state index contributed by atoms with van der Waals surface area (Å²) in [5, 5.41) is 6.06. The van der Waals surface area contributed by atoms with Crippen molar-refractivity contribution < 1.29 is 23.1 Å². The zero-order chi connectivity index (χ0) is 12.1. The SMILES string of the molecule is O=P(Cl)(OC1CNCCO1)OC1CNCCO1. The zero-order valence-electron chi connectivity index (χ0n) is 9.26. The van der Waals surface area contributed by atoms with Crippen LogP contribution in [0.2, 0.25) is 0 Å². The van der Waals surface area contributed by atoms with Crippen molar-refractivity contribution in [2.75, 3.05) is 39.4 Å². The predicted molar refractivity (Wildman–Crippen MR) is 60.8 cm³/mol. The summed E-state index contributed by atoms with van der Waals surface area (Å²) in [5.74, 6) is 0. The Hall–Kier alpha value is 0.280. The highest BCUT2D eigenvalue weighted by Gasteiger charge is 2.32. The van der Waals surface area contributed by atoms with Crippen molar-refractivity contribution >= 4 is 18.2 Å². The molecule has 0 radical (unpaired) electrons. The Kier molecular flexibility index (Phi) is 5.20. The van der Waals surface area contributed by atoms with Crippen LogP contribution in [0.3, 0.4) is 0 Å². The van der Waals surface area contributed by atoms with Gasteiger partial charge in [0, 0.05) is 37.4 Å². The number of ether oxygens (including phenoxy) is 2. The van der Waals surface area contributed by atoms with E-state index in [-0.39, 0.29) is 0 Å². The smallest absolute Gasteiger partial charge is 0.349 e. The molecule has 0 spiro atoms. The largest absolute Gasteiger partial charge is 0.428 e. The van der Waals surface area contributed by atoms with Gasteiger partial charge in [-0.2, -0.15) is 0 Å². The van der Waals surface area contributed by atoms with Gasteiger partial charge in [0.1, 0.15) is 0 Å². The van der Waals surface area contributed by atoms with Gasteiger partial charge in [0.2, 0.25) is 0 Å². The third kappa shape index (κ3) is 4.81. The molecule has 0 saturated carbocycles. The van der Waals surface area contributed by atoms with Gasteiger partial charge < -0.3 is 20.1 Å². The Labute approximate surface area is 104 Å². The van der Waals surface area contributed by atoms with Gasteiger partial charge in [0.15, 0.2) is 12.6 Å². The zero-order valence-corrected chi connectivity index (χ0v) is 10.9. The number of morpholine rings is 2. The second-order valence-corrected chi connectivity index (χ2v) is 6.18. The Balaban J connectivity index is 1.78. The van der Waals surface area contributed by atoms with E-state index in [1.165, 1.54) is 0 Å². The van der Waals surface area contributed by atoms with Crippen molar-refractivity contribution in [2.45, 2.75) is 12.6 Å². The molecule has 2 fully saturated rings. The van der Waals surface area contributed by atoms with Gasteiger partial charge in [-0.15, -0.1) is 0 Å². The first kappa shape index (κ1) is 13.7. The summed E-state index contributed by atoms with van der Waals surface area (Å²) in [7, 11) is 0. The fourth-order valence-electron chi connectivity index (χ4n) is 1.52. The van der Waals surface area contributed by atoms with E-state index in [1.54, 1.807) is 0 Å². The molecule has 0 aliphatic carbocycles. The van der Waals surface area contributed by atoms with Crippen molar-refractivity contribution in [2.24, 2.45) is 0 Å². The summed E-state index contributed by atoms with van der Waals surface area (Å²) in [6.45, 7) is -0.362. The Morgan fingerprint density at radius 1 is 1.06 bits per heavy atom. The molecule has 0 bridgehead atoms. The lowest BCUT2D eigenvalue weighted by atomic mass is 10.5. The Morgan fingerprint density at radius 3 is 1.88 bits per heavy atom. The third-order valence-corrected chi connectivity index (χ3v) is 3.73. The highest BCUT2D eigenvalue weighted by molar-refractivity contribution is 7.81. The van der Waals surface area contributed by atoms with Gasteiger partial charge in [-0.25, -0.2) is 4.57 Å². The van der Waals surface area contributed by atoms with Crippen LogP contribution in [-0.4, -0.2) is 52.0 Å². The number of hydrogen-bond donors (Lipinski definition) is 2. The quantitative estimate of drug-likeness (QED) is 0.718. The maximum Gasteiger partial charge on any atom is 0.428 e. The molecule has 2 atom stereocenters. The van der Waals surface area contributed by atoms with Gasteiger partial charge in [-0.3, -0.25) is 9.05 Å². The van der Waals surface area contributed by atoms with E-state index in [1.807, 2.05) is 0 Å². The Morgan fingerprint density at radius 2 is 1.53 bits per heavy atom. The molecule has 2 unspecified atom stereocenters. The minimum Gasteiger partial charge on any atom is -0.349 e. The van der Waals surface area contributed by atoms with Crippen LogP contribution in [0.5, 0.6) is 0 Å². The molecule has 0 aromatic carbocycles. The van der Waals surface area contributed by atoms with E-state index < -0.39 is 19.5 Å². The van der Waals surface area contributed by atoms with Crippen LogP contribution in [0.15, 0.2) is 0 Å². The second kappa shape index (κ2) is 6.45. The van der Waals surface area contributed by atoms with Crippen LogP contribution in [-0.2, 0) is 23.1 Å². The first-order chi connectivity index (χ1) is 8.16. The first-order valence-electron chi connectivity index (χ1n) is 5.47. The summed E-state index contributed by atoms with van der Waals surface area (Å²) < 4.78 is 32.5. The number of rotatable bonds is 4. The van der Waals surface area contributed by atoms with E-state index in [4.69, 9.17) is 29.8 Å². The third-order valence-electron chi connectivity index (χ3n) is 2.27. The van der Waals surface area contributed by atoms with E-state index in [9.17, 15) is 4.57 Å². The van der Waals surface area contributed by atoms with Crippen LogP contribution >= 0.6 is 18.2 Å². The summed E-state index contributed by atoms with van der Waals surface area (Å²) >= 11 is 5.70. The van der Waals surface area contributed by atoms with Crippen LogP contribution in [0, 0.1) is 0 Å². The lowest BCUT2D eigenvalue weighted by Gasteiger charge is -2.28. The van der Waals surface area contributed by atoms with Crippen molar-refractivity contribution in [1.29, 1.82) is 0 Å². The molecule has 2 rings (SSSR count). The summed E-state index contributed by atoms with van der Waals surface area (Å²) in [5.41, 5.74) is 0. The number of hydrogen-bond acceptors (Lipinski definition) is 7. The predicted octanol–water partition coefficient (Wildman–Crippen LogP) is 0.258. The molecule has 2 aliphatic rings. The lowest BCUT2D eigenvalue weighted by Crippen LogP contribution is -2.41. The van der Waals surface area contributed by atoms with Crippen molar-refractivity contribution in [3.63, 3.8) is 0 Å². The van der Waals surface area contributed by atoms with Gasteiger partial charge in [-0.05, 0) is 0 Å². The molecule has 9 heteroatoms. The average Bonchev–Trinajstić information content (AvgIpc) is 2.30. The molecule has 17 heavy (non-hydrogen) atoms. The number of nitrogens with one attached hydrogen (secondary N) is 2. The fourth-order valence-corrected chi connectivity index (χ4v) is 2.94. The molecular weight excluding hydrogens is 271 g/mol. The normalized spacial score (nSPS) is 34.2. The molecular formula is C8H16ClN2O5P. The van der Waals surface area contributed by atoms with E-state index in [0.29, 0.717) is 26.3 Å². The molecule has 2 saturated heterocycles. The molecule has 0 amide bonds. The van der Waals surface area contributed by atoms with Gasteiger partial charge >= 0.3 is 6.95 Å². The topological polar surface area (TPSA) is 78.1 Å². The molecule has 2 heterocycles. The Bertz CT molecular complexity index is 259. The second-order valence-electron chi connectivity index (χ2n) is 3.65. The molecule has 2 N–H and O–H groups in total. The minimum atomic E-state index is -3.69. The van der Waals surface area contributed by atoms with Crippen LogP contribution in [0.1, 0.15) is 0 Å². The highest BCUT2D eigenvalue weighted by Crippen LogP contribution is 2.55. The summed E-state index contributed by atoms with van der Waals surface area (Å²) in [4.78, 5) is 0.